The van der Waals surface area contributed by atoms with Crippen molar-refractivity contribution in [3.05, 3.63) is 53.9 Å². The second-order valence-corrected chi connectivity index (χ2v) is 12.1. The van der Waals surface area contributed by atoms with Crippen molar-refractivity contribution in [2.24, 2.45) is 0 Å². The smallest absolute Gasteiger partial charge is 0.410 e. The van der Waals surface area contributed by atoms with E-state index in [1.54, 1.807) is 30.3 Å². The molecule has 0 bridgehead atoms. The number of nitrogens with one attached hydrogen (secondary N) is 1. The minimum atomic E-state index is -3.52. The highest BCUT2D eigenvalue weighted by molar-refractivity contribution is 7.93. The van der Waals surface area contributed by atoms with Gasteiger partial charge in [-0.15, -0.1) is 0 Å². The maximum atomic E-state index is 13.4. The maximum Gasteiger partial charge on any atom is 0.410 e. The molecule has 2 fully saturated rings. The molecule has 1 N–H and O–H groups in total. The number of nitrogens with zero attached hydrogens (tertiary/aromatic N) is 3. The second-order valence-electron chi connectivity index (χ2n) is 9.97. The summed E-state index contributed by atoms with van der Waals surface area (Å²) in [5.74, 6) is 0.717. The number of methoxy groups -OCH3 is 1. The minimum Gasteiger partial charge on any atom is -0.497 e. The van der Waals surface area contributed by atoms with Crippen LogP contribution in [0.25, 0.3) is 0 Å². The lowest BCUT2D eigenvalue weighted by Gasteiger charge is -2.35. The van der Waals surface area contributed by atoms with Crippen molar-refractivity contribution in [1.29, 1.82) is 0 Å². The van der Waals surface area contributed by atoms with E-state index in [9.17, 15) is 13.2 Å². The van der Waals surface area contributed by atoms with E-state index in [1.807, 2.05) is 45.0 Å². The molecule has 1 saturated heterocycles. The molecule has 1 aliphatic carbocycles. The van der Waals surface area contributed by atoms with Crippen molar-refractivity contribution >= 4 is 21.8 Å². The van der Waals surface area contributed by atoms with Gasteiger partial charge in [-0.3, -0.25) is 9.29 Å². The van der Waals surface area contributed by atoms with E-state index in [1.165, 1.54) is 4.31 Å². The van der Waals surface area contributed by atoms with Gasteiger partial charge in [-0.2, -0.15) is 0 Å². The largest absolute Gasteiger partial charge is 0.497 e. The van der Waals surface area contributed by atoms with Gasteiger partial charge in [0.2, 0.25) is 10.0 Å². The number of amides is 1. The number of carbonyl (C=O) groups is 1. The third kappa shape index (κ3) is 6.24. The van der Waals surface area contributed by atoms with Gasteiger partial charge in [-0.05, 0) is 63.4 Å². The zero-order chi connectivity index (χ0) is 25.2. The number of carbonyl (C=O) groups excluding carboxylic acids is 1. The zero-order valence-corrected chi connectivity index (χ0v) is 21.5. The van der Waals surface area contributed by atoms with Crippen molar-refractivity contribution in [1.82, 2.24) is 15.2 Å². The fourth-order valence-electron chi connectivity index (χ4n) is 3.99. The van der Waals surface area contributed by atoms with Gasteiger partial charge in [0, 0.05) is 25.8 Å². The number of ether oxygens (including phenoxy) is 2. The first-order valence-electron chi connectivity index (χ1n) is 11.9. The number of aromatic nitrogens is 1. The van der Waals surface area contributed by atoms with E-state index in [2.05, 4.69) is 10.3 Å². The molecule has 10 heteroatoms. The predicted molar refractivity (Wildman–Crippen MR) is 134 cm³/mol. The molecule has 2 aliphatic rings. The summed E-state index contributed by atoms with van der Waals surface area (Å²) in [5, 5.41) is 3.04. The number of hydrogen-bond donors (Lipinski definition) is 1. The molecular weight excluding hydrogens is 468 g/mol. The van der Waals surface area contributed by atoms with Gasteiger partial charge >= 0.3 is 6.09 Å². The van der Waals surface area contributed by atoms with Crippen LogP contribution in [-0.2, 0) is 21.3 Å². The first-order valence-corrected chi connectivity index (χ1v) is 13.4. The average molecular weight is 503 g/mol. The fraction of sp³-hybridized carbons (Fsp3) is 0.520. The van der Waals surface area contributed by atoms with Crippen molar-refractivity contribution in [3.63, 3.8) is 0 Å². The van der Waals surface area contributed by atoms with E-state index >= 15 is 0 Å². The lowest BCUT2D eigenvalue weighted by molar-refractivity contribution is 0.0194. The van der Waals surface area contributed by atoms with Gasteiger partial charge in [-0.25, -0.2) is 13.2 Å². The highest BCUT2D eigenvalue weighted by Gasteiger charge is 2.40. The van der Waals surface area contributed by atoms with Gasteiger partial charge in [0.15, 0.2) is 0 Å². The zero-order valence-electron chi connectivity index (χ0n) is 20.7. The van der Waals surface area contributed by atoms with Crippen LogP contribution in [0.4, 0.5) is 10.5 Å². The number of anilines is 1. The summed E-state index contributed by atoms with van der Waals surface area (Å²) in [7, 11) is -1.92. The summed E-state index contributed by atoms with van der Waals surface area (Å²) in [5.41, 5.74) is 1.53. The number of piperazine rings is 1. The molecule has 1 aromatic carbocycles. The molecule has 1 aromatic heterocycles. The Morgan fingerprint density at radius 1 is 1.20 bits per heavy atom. The van der Waals surface area contributed by atoms with Crippen LogP contribution in [-0.4, -0.2) is 62.0 Å². The van der Waals surface area contributed by atoms with Gasteiger partial charge in [0.25, 0.3) is 0 Å². The van der Waals surface area contributed by atoms with Gasteiger partial charge in [0.05, 0.1) is 36.3 Å². The topological polar surface area (TPSA) is 101 Å². The van der Waals surface area contributed by atoms with Crippen LogP contribution in [0.3, 0.4) is 0 Å². The molecule has 2 aromatic rings. The van der Waals surface area contributed by atoms with E-state index in [4.69, 9.17) is 9.47 Å². The van der Waals surface area contributed by atoms with Crippen molar-refractivity contribution in [2.45, 2.75) is 57.1 Å². The highest BCUT2D eigenvalue weighted by Crippen LogP contribution is 2.35. The number of benzene rings is 1. The summed E-state index contributed by atoms with van der Waals surface area (Å²) in [4.78, 5) is 18.8. The van der Waals surface area contributed by atoms with Crippen molar-refractivity contribution in [2.75, 3.05) is 31.0 Å². The number of pyridine rings is 1. The summed E-state index contributed by atoms with van der Waals surface area (Å²) in [6, 6.07) is 10.7. The molecule has 2 heterocycles. The van der Waals surface area contributed by atoms with Crippen molar-refractivity contribution in [3.8, 4) is 5.75 Å². The summed E-state index contributed by atoms with van der Waals surface area (Å²) < 4.78 is 39.0. The molecule has 0 radical (unpaired) electrons. The van der Waals surface area contributed by atoms with E-state index < -0.39 is 15.6 Å². The number of rotatable bonds is 7. The standard InChI is InChI=1S/C25H34N4O5S/c1-25(2,3)34-24(30)28-14-13-27-23(17-28)22-15-19(11-12-26-22)29(35(31,32)21-9-10-21)16-18-5-7-20(33-4)8-6-18/h5-8,11-12,15,21,23,27H,9-10,13-14,16-17H2,1-4H3. The quantitative estimate of drug-likeness (QED) is 0.619. The second kappa shape index (κ2) is 10.0. The Bertz CT molecular complexity index is 1140. The van der Waals surface area contributed by atoms with E-state index in [-0.39, 0.29) is 23.9 Å². The average Bonchev–Trinajstić information content (AvgIpc) is 3.68. The van der Waals surface area contributed by atoms with Crippen LogP contribution < -0.4 is 14.4 Å². The molecular formula is C25H34N4O5S. The van der Waals surface area contributed by atoms with Gasteiger partial charge in [-0.1, -0.05) is 12.1 Å². The Morgan fingerprint density at radius 2 is 1.91 bits per heavy atom. The van der Waals surface area contributed by atoms with Crippen LogP contribution in [0, 0.1) is 0 Å². The normalized spacial score (nSPS) is 18.7. The Balaban J connectivity index is 1.58. The first kappa shape index (κ1) is 25.2. The molecule has 35 heavy (non-hydrogen) atoms. The third-order valence-corrected chi connectivity index (χ3v) is 8.24. The molecule has 1 amide bonds. The molecule has 1 unspecified atom stereocenters. The van der Waals surface area contributed by atoms with Crippen LogP contribution >= 0.6 is 0 Å². The number of sulfonamides is 1. The minimum absolute atomic E-state index is 0.217. The SMILES string of the molecule is COc1ccc(CN(c2ccnc(C3CN(C(=O)OC(C)(C)C)CCN3)c2)S(=O)(=O)C2CC2)cc1. The third-order valence-electron chi connectivity index (χ3n) is 5.97. The van der Waals surface area contributed by atoms with E-state index in [0.717, 1.165) is 11.3 Å². The molecule has 190 valence electrons. The predicted octanol–water partition coefficient (Wildman–Crippen LogP) is 3.47. The van der Waals surface area contributed by atoms with Gasteiger partial charge in [0.1, 0.15) is 11.4 Å². The Labute approximate surface area is 207 Å². The maximum absolute atomic E-state index is 13.4. The summed E-state index contributed by atoms with van der Waals surface area (Å²) in [6.45, 7) is 7.25. The molecule has 9 nitrogen and oxygen atoms in total. The van der Waals surface area contributed by atoms with E-state index in [0.29, 0.717) is 43.9 Å². The Morgan fingerprint density at radius 3 is 2.54 bits per heavy atom. The molecule has 1 saturated carbocycles. The highest BCUT2D eigenvalue weighted by atomic mass is 32.2. The lowest BCUT2D eigenvalue weighted by atomic mass is 10.1. The molecule has 1 aliphatic heterocycles. The molecule has 4 rings (SSSR count). The fourth-order valence-corrected chi connectivity index (χ4v) is 5.82. The Hall–Kier alpha value is -2.85. The monoisotopic (exact) mass is 502 g/mol. The lowest BCUT2D eigenvalue weighted by Crippen LogP contribution is -2.49. The molecule has 1 atom stereocenters. The van der Waals surface area contributed by atoms with Crippen LogP contribution in [0.5, 0.6) is 5.75 Å². The Kier molecular flexibility index (Phi) is 7.23. The number of hydrogen-bond acceptors (Lipinski definition) is 7. The van der Waals surface area contributed by atoms with Crippen LogP contribution in [0.1, 0.15) is 50.9 Å². The van der Waals surface area contributed by atoms with Crippen molar-refractivity contribution < 1.29 is 22.7 Å². The summed E-state index contributed by atoms with van der Waals surface area (Å²) >= 11 is 0. The summed E-state index contributed by atoms with van der Waals surface area (Å²) in [6.07, 6.45) is 2.61. The van der Waals surface area contributed by atoms with Gasteiger partial charge < -0.3 is 19.7 Å². The van der Waals surface area contributed by atoms with Crippen LogP contribution in [0.2, 0.25) is 0 Å². The molecule has 0 spiro atoms. The van der Waals surface area contributed by atoms with Crippen LogP contribution in [0.15, 0.2) is 42.6 Å². The first-order chi connectivity index (χ1) is 16.6.